The van der Waals surface area contributed by atoms with E-state index in [1.807, 2.05) is 23.9 Å². The highest BCUT2D eigenvalue weighted by Gasteiger charge is 2.18. The Balaban J connectivity index is 2.07. The molecule has 1 amide bonds. The Kier molecular flexibility index (Phi) is 5.28. The molecule has 4 heteroatoms. The van der Waals surface area contributed by atoms with Gasteiger partial charge in [-0.2, -0.15) is 11.8 Å². The van der Waals surface area contributed by atoms with Crippen molar-refractivity contribution in [1.29, 1.82) is 0 Å². The highest BCUT2D eigenvalue weighted by atomic mass is 32.2. The molecule has 1 atom stereocenters. The van der Waals surface area contributed by atoms with Crippen molar-refractivity contribution in [2.75, 3.05) is 18.6 Å². The molecule has 19 heavy (non-hydrogen) atoms. The summed E-state index contributed by atoms with van der Waals surface area (Å²) in [6.07, 6.45) is 4.05. The highest BCUT2D eigenvalue weighted by molar-refractivity contribution is 7.98. The van der Waals surface area contributed by atoms with E-state index in [1.165, 1.54) is 11.1 Å². The summed E-state index contributed by atoms with van der Waals surface area (Å²) >= 11 is 1.82. The number of benzene rings is 1. The van der Waals surface area contributed by atoms with Crippen LogP contribution >= 0.6 is 11.8 Å². The van der Waals surface area contributed by atoms with Gasteiger partial charge < -0.3 is 10.6 Å². The van der Waals surface area contributed by atoms with Crippen molar-refractivity contribution in [3.05, 3.63) is 34.9 Å². The molecule has 0 saturated carbocycles. The van der Waals surface area contributed by atoms with E-state index in [9.17, 15) is 4.79 Å². The summed E-state index contributed by atoms with van der Waals surface area (Å²) in [7, 11) is 0. The molecule has 1 aromatic carbocycles. The van der Waals surface area contributed by atoms with Gasteiger partial charge in [-0.1, -0.05) is 12.1 Å². The lowest BCUT2D eigenvalue weighted by molar-refractivity contribution is 0.0938. The van der Waals surface area contributed by atoms with E-state index in [4.69, 9.17) is 0 Å². The fourth-order valence-electron chi connectivity index (χ4n) is 2.41. The summed E-state index contributed by atoms with van der Waals surface area (Å²) in [6.45, 7) is 3.91. The first-order valence-corrected chi connectivity index (χ1v) is 8.23. The maximum Gasteiger partial charge on any atom is 0.251 e. The van der Waals surface area contributed by atoms with E-state index >= 15 is 0 Å². The number of hydrogen-bond acceptors (Lipinski definition) is 3. The Morgan fingerprint density at radius 1 is 1.53 bits per heavy atom. The van der Waals surface area contributed by atoms with Gasteiger partial charge in [0, 0.05) is 18.2 Å². The molecule has 1 heterocycles. The van der Waals surface area contributed by atoms with E-state index in [-0.39, 0.29) is 11.9 Å². The minimum absolute atomic E-state index is 0.0763. The van der Waals surface area contributed by atoms with Crippen LogP contribution in [-0.2, 0) is 13.0 Å². The van der Waals surface area contributed by atoms with Crippen LogP contribution in [0.4, 0.5) is 0 Å². The Morgan fingerprint density at radius 3 is 3.16 bits per heavy atom. The summed E-state index contributed by atoms with van der Waals surface area (Å²) in [5.41, 5.74) is 3.33. The molecule has 0 aliphatic carbocycles. The van der Waals surface area contributed by atoms with Crippen LogP contribution in [0.1, 0.15) is 34.8 Å². The van der Waals surface area contributed by atoms with Crippen molar-refractivity contribution in [3.8, 4) is 0 Å². The van der Waals surface area contributed by atoms with Gasteiger partial charge in [0.05, 0.1) is 0 Å². The monoisotopic (exact) mass is 278 g/mol. The molecule has 2 N–H and O–H groups in total. The van der Waals surface area contributed by atoms with E-state index in [0.29, 0.717) is 0 Å². The molecule has 0 saturated heterocycles. The predicted molar refractivity (Wildman–Crippen MR) is 81.8 cm³/mol. The SMILES string of the molecule is CSCCC(C)NC(=O)c1cccc2c1CCNC2. The maximum absolute atomic E-state index is 12.4. The van der Waals surface area contributed by atoms with Crippen LogP contribution in [0.3, 0.4) is 0 Å². The second kappa shape index (κ2) is 6.96. The van der Waals surface area contributed by atoms with Crippen LogP contribution in [0.15, 0.2) is 18.2 Å². The fourth-order valence-corrected chi connectivity index (χ4v) is 3.00. The molecule has 2 rings (SSSR count). The van der Waals surface area contributed by atoms with E-state index in [1.54, 1.807) is 0 Å². The van der Waals surface area contributed by atoms with E-state index in [2.05, 4.69) is 29.9 Å². The maximum atomic E-state index is 12.4. The summed E-state index contributed by atoms with van der Waals surface area (Å²) in [6, 6.07) is 6.27. The number of hydrogen-bond donors (Lipinski definition) is 2. The topological polar surface area (TPSA) is 41.1 Å². The van der Waals surface area contributed by atoms with Crippen molar-refractivity contribution in [2.45, 2.75) is 32.4 Å². The number of fused-ring (bicyclic) bond motifs is 1. The highest BCUT2D eigenvalue weighted by Crippen LogP contribution is 2.18. The average Bonchev–Trinajstić information content (AvgIpc) is 2.44. The van der Waals surface area contributed by atoms with Crippen molar-refractivity contribution >= 4 is 17.7 Å². The van der Waals surface area contributed by atoms with Crippen LogP contribution in [0.5, 0.6) is 0 Å². The quantitative estimate of drug-likeness (QED) is 0.867. The number of carbonyl (C=O) groups excluding carboxylic acids is 1. The zero-order valence-electron chi connectivity index (χ0n) is 11.7. The minimum Gasteiger partial charge on any atom is -0.350 e. The Morgan fingerprint density at radius 2 is 2.37 bits per heavy atom. The third-order valence-corrected chi connectivity index (χ3v) is 4.16. The molecule has 1 aliphatic heterocycles. The Bertz CT molecular complexity index is 448. The molecule has 1 unspecified atom stereocenters. The fraction of sp³-hybridized carbons (Fsp3) is 0.533. The summed E-state index contributed by atoms with van der Waals surface area (Å²) < 4.78 is 0. The first-order valence-electron chi connectivity index (χ1n) is 6.83. The van der Waals surface area contributed by atoms with Crippen molar-refractivity contribution in [3.63, 3.8) is 0 Å². The molecular formula is C15H22N2OS. The number of carbonyl (C=O) groups is 1. The van der Waals surface area contributed by atoms with Crippen LogP contribution in [0.2, 0.25) is 0 Å². The van der Waals surface area contributed by atoms with Gasteiger partial charge >= 0.3 is 0 Å². The zero-order chi connectivity index (χ0) is 13.7. The number of rotatable bonds is 5. The molecule has 0 fully saturated rings. The number of nitrogens with one attached hydrogen (secondary N) is 2. The van der Waals surface area contributed by atoms with Crippen LogP contribution < -0.4 is 10.6 Å². The minimum atomic E-state index is 0.0763. The number of amides is 1. The molecule has 1 aliphatic rings. The predicted octanol–water partition coefficient (Wildman–Crippen LogP) is 2.20. The molecule has 104 valence electrons. The first kappa shape index (κ1) is 14.4. The average molecular weight is 278 g/mol. The molecular weight excluding hydrogens is 256 g/mol. The van der Waals surface area contributed by atoms with Gasteiger partial charge in [0.15, 0.2) is 0 Å². The lowest BCUT2D eigenvalue weighted by Gasteiger charge is -2.21. The molecule has 0 radical (unpaired) electrons. The normalized spacial score (nSPS) is 15.7. The Labute approximate surface area is 119 Å². The summed E-state index contributed by atoms with van der Waals surface area (Å²) in [5, 5.41) is 6.45. The smallest absolute Gasteiger partial charge is 0.251 e. The van der Waals surface area contributed by atoms with Gasteiger partial charge in [0.1, 0.15) is 0 Å². The van der Waals surface area contributed by atoms with Crippen molar-refractivity contribution in [1.82, 2.24) is 10.6 Å². The van der Waals surface area contributed by atoms with E-state index < -0.39 is 0 Å². The Hall–Kier alpha value is -1.00. The van der Waals surface area contributed by atoms with Gasteiger partial charge in [0.25, 0.3) is 5.91 Å². The first-order chi connectivity index (χ1) is 9.22. The van der Waals surface area contributed by atoms with Gasteiger partial charge in [-0.25, -0.2) is 0 Å². The lowest BCUT2D eigenvalue weighted by Crippen LogP contribution is -2.35. The third-order valence-electron chi connectivity index (χ3n) is 3.52. The summed E-state index contributed by atoms with van der Waals surface area (Å²) in [5.74, 6) is 1.16. The largest absolute Gasteiger partial charge is 0.350 e. The molecule has 0 bridgehead atoms. The third kappa shape index (κ3) is 3.74. The van der Waals surface area contributed by atoms with Crippen LogP contribution in [0, 0.1) is 0 Å². The molecule has 0 spiro atoms. The molecule has 0 aromatic heterocycles. The summed E-state index contributed by atoms with van der Waals surface area (Å²) in [4.78, 5) is 12.4. The van der Waals surface area contributed by atoms with Crippen LogP contribution in [-0.4, -0.2) is 30.5 Å². The lowest BCUT2D eigenvalue weighted by atomic mass is 9.95. The molecule has 1 aromatic rings. The van der Waals surface area contributed by atoms with E-state index in [0.717, 1.165) is 37.2 Å². The van der Waals surface area contributed by atoms with Gasteiger partial charge in [-0.15, -0.1) is 0 Å². The standard InChI is InChI=1S/C15H22N2OS/c1-11(7-9-19-2)17-15(18)14-5-3-4-12-10-16-8-6-13(12)14/h3-5,11,16H,6-10H2,1-2H3,(H,17,18). The van der Waals surface area contributed by atoms with Crippen LogP contribution in [0.25, 0.3) is 0 Å². The van der Waals surface area contributed by atoms with Crippen molar-refractivity contribution < 1.29 is 4.79 Å². The second-order valence-electron chi connectivity index (χ2n) is 5.03. The number of thioether (sulfide) groups is 1. The van der Waals surface area contributed by atoms with Gasteiger partial charge in [0.2, 0.25) is 0 Å². The zero-order valence-corrected chi connectivity index (χ0v) is 12.5. The van der Waals surface area contributed by atoms with Crippen molar-refractivity contribution in [2.24, 2.45) is 0 Å². The van der Waals surface area contributed by atoms with Gasteiger partial charge in [-0.3, -0.25) is 4.79 Å². The molecule has 3 nitrogen and oxygen atoms in total. The second-order valence-corrected chi connectivity index (χ2v) is 6.01. The van der Waals surface area contributed by atoms with Gasteiger partial charge in [-0.05, 0) is 55.5 Å².